The number of carbonyl (C=O) groups excluding carboxylic acids is 3. The molecule has 0 unspecified atom stereocenters. The second-order valence-corrected chi connectivity index (χ2v) is 9.81. The Morgan fingerprint density at radius 3 is 2.35 bits per heavy atom. The molecule has 2 aliphatic rings. The molecule has 11 heteroatoms. The van der Waals surface area contributed by atoms with Gasteiger partial charge in [0.15, 0.2) is 11.5 Å². The average molecular weight is 553 g/mol. The summed E-state index contributed by atoms with van der Waals surface area (Å²) in [4.78, 5) is 51.8. The van der Waals surface area contributed by atoms with E-state index in [0.717, 1.165) is 24.0 Å². The van der Waals surface area contributed by atoms with E-state index in [1.54, 1.807) is 24.1 Å². The number of rotatable bonds is 9. The molecule has 2 aromatic carbocycles. The van der Waals surface area contributed by atoms with Gasteiger partial charge in [-0.15, -0.1) is 0 Å². The lowest BCUT2D eigenvalue weighted by atomic mass is 9.95. The number of hydrogen-bond acceptors (Lipinski definition) is 8. The fraction of sp³-hybridized carbons (Fsp3) is 0.448. The third kappa shape index (κ3) is 6.13. The first-order chi connectivity index (χ1) is 19.3. The van der Waals surface area contributed by atoms with E-state index >= 15 is 0 Å². The van der Waals surface area contributed by atoms with Gasteiger partial charge in [0.1, 0.15) is 0 Å². The zero-order valence-corrected chi connectivity index (χ0v) is 23.3. The van der Waals surface area contributed by atoms with Crippen LogP contribution in [0.2, 0.25) is 0 Å². The van der Waals surface area contributed by atoms with Crippen molar-refractivity contribution >= 4 is 23.4 Å². The van der Waals surface area contributed by atoms with Gasteiger partial charge in [0, 0.05) is 25.6 Å². The van der Waals surface area contributed by atoms with Crippen molar-refractivity contribution in [1.82, 2.24) is 15.5 Å². The van der Waals surface area contributed by atoms with E-state index in [9.17, 15) is 19.2 Å². The number of anilines is 1. The van der Waals surface area contributed by atoms with Gasteiger partial charge in [-0.1, -0.05) is 6.07 Å². The van der Waals surface area contributed by atoms with Gasteiger partial charge in [-0.2, -0.15) is 0 Å². The predicted octanol–water partition coefficient (Wildman–Crippen LogP) is 2.01. The summed E-state index contributed by atoms with van der Waals surface area (Å²) in [6, 6.07) is 6.32. The van der Waals surface area contributed by atoms with Crippen molar-refractivity contribution in [2.75, 3.05) is 52.8 Å². The van der Waals surface area contributed by atoms with Gasteiger partial charge in [0.2, 0.25) is 28.9 Å². The monoisotopic (exact) mass is 552 g/mol. The van der Waals surface area contributed by atoms with Gasteiger partial charge >= 0.3 is 0 Å². The van der Waals surface area contributed by atoms with Crippen LogP contribution in [0.1, 0.15) is 43.4 Å². The maximum atomic E-state index is 13.3. The summed E-state index contributed by atoms with van der Waals surface area (Å²) < 4.78 is 16.9. The normalized spacial score (nSPS) is 15.7. The Hall–Kier alpha value is -4.28. The number of amides is 3. The summed E-state index contributed by atoms with van der Waals surface area (Å²) >= 11 is 0. The number of carbonyl (C=O) groups is 3. The van der Waals surface area contributed by atoms with E-state index in [4.69, 9.17) is 14.2 Å². The molecule has 214 valence electrons. The Balaban J connectivity index is 1.67. The Bertz CT molecular complexity index is 1350. The van der Waals surface area contributed by atoms with Crippen LogP contribution >= 0.6 is 0 Å². The van der Waals surface area contributed by atoms with Crippen LogP contribution in [0, 0.1) is 0 Å². The van der Waals surface area contributed by atoms with Crippen molar-refractivity contribution < 1.29 is 28.6 Å². The van der Waals surface area contributed by atoms with Crippen molar-refractivity contribution in [1.29, 1.82) is 0 Å². The van der Waals surface area contributed by atoms with E-state index in [-0.39, 0.29) is 36.0 Å². The first-order valence-corrected chi connectivity index (χ1v) is 13.3. The highest BCUT2D eigenvalue weighted by molar-refractivity contribution is 5.87. The summed E-state index contributed by atoms with van der Waals surface area (Å²) in [7, 11) is 4.61. The first kappa shape index (κ1) is 28.7. The highest BCUT2D eigenvalue weighted by Crippen LogP contribution is 2.50. The highest BCUT2D eigenvalue weighted by atomic mass is 16.5. The third-order valence-corrected chi connectivity index (χ3v) is 7.25. The fourth-order valence-electron chi connectivity index (χ4n) is 5.34. The number of aryl methyl sites for hydroxylation is 1. The molecule has 2 aromatic rings. The number of methoxy groups -OCH3 is 3. The minimum Gasteiger partial charge on any atom is -0.493 e. The number of benzene rings is 1. The molecule has 11 nitrogen and oxygen atoms in total. The van der Waals surface area contributed by atoms with Gasteiger partial charge in [0.25, 0.3) is 0 Å². The van der Waals surface area contributed by atoms with E-state index in [2.05, 4.69) is 16.0 Å². The molecule has 1 atom stereocenters. The summed E-state index contributed by atoms with van der Waals surface area (Å²) in [5.41, 5.74) is 2.83. The number of fused-ring (bicyclic) bond motifs is 3. The fourth-order valence-corrected chi connectivity index (χ4v) is 5.34. The molecule has 1 aliphatic carbocycles. The molecule has 1 saturated heterocycles. The lowest BCUT2D eigenvalue weighted by molar-refractivity contribution is -0.131. The number of hydrogen-bond donors (Lipinski definition) is 3. The van der Waals surface area contributed by atoms with E-state index in [0.29, 0.717) is 54.3 Å². The summed E-state index contributed by atoms with van der Waals surface area (Å²) in [6.45, 7) is 2.60. The zero-order chi connectivity index (χ0) is 28.8. The number of likely N-dealkylation sites (tertiary alicyclic amines) is 1. The van der Waals surface area contributed by atoms with Crippen molar-refractivity contribution in [2.24, 2.45) is 0 Å². The highest BCUT2D eigenvalue weighted by Gasteiger charge is 2.29. The Morgan fingerprint density at radius 2 is 1.70 bits per heavy atom. The summed E-state index contributed by atoms with van der Waals surface area (Å²) in [6.07, 6.45) is 3.08. The van der Waals surface area contributed by atoms with Crippen molar-refractivity contribution in [2.45, 2.75) is 38.6 Å². The summed E-state index contributed by atoms with van der Waals surface area (Å²) in [5, 5.41) is 8.48. The van der Waals surface area contributed by atoms with Gasteiger partial charge in [-0.05, 0) is 60.6 Å². The second kappa shape index (κ2) is 12.7. The molecule has 40 heavy (non-hydrogen) atoms. The van der Waals surface area contributed by atoms with Crippen LogP contribution in [-0.4, -0.2) is 70.1 Å². The Morgan fingerprint density at radius 1 is 0.975 bits per heavy atom. The molecule has 1 heterocycles. The van der Waals surface area contributed by atoms with Crippen molar-refractivity contribution in [3.63, 3.8) is 0 Å². The van der Waals surface area contributed by atoms with Crippen LogP contribution in [0.4, 0.5) is 5.69 Å². The topological polar surface area (TPSA) is 135 Å². The number of nitrogens with zero attached hydrogens (tertiary/aromatic N) is 1. The standard InChI is InChI=1S/C29H36N4O7/c1-17(34)32-21-9-7-18-13-24(38-2)28(39-3)29(40-4)27(18)19-8-10-22(23(35)14-20(19)21)30-15-25(36)31-16-26(37)33-11-5-6-12-33/h8,10,13-14,21H,5-7,9,11-12,15-16H2,1-4H3,(H,30,35)(H,31,36)(H,32,34)/t21-/m1/s1. The molecule has 1 aliphatic heterocycles. The smallest absolute Gasteiger partial charge is 0.241 e. The van der Waals surface area contributed by atoms with E-state index < -0.39 is 11.9 Å². The largest absolute Gasteiger partial charge is 0.493 e. The van der Waals surface area contributed by atoms with Crippen LogP contribution in [0.25, 0.3) is 11.1 Å². The minimum absolute atomic E-state index is 0.0815. The van der Waals surface area contributed by atoms with Gasteiger partial charge in [0.05, 0.1) is 46.1 Å². The quantitative estimate of drug-likeness (QED) is 0.430. The maximum Gasteiger partial charge on any atom is 0.241 e. The number of ether oxygens (including phenoxy) is 3. The molecule has 1 fully saturated rings. The van der Waals surface area contributed by atoms with E-state index in [1.165, 1.54) is 27.2 Å². The SMILES string of the molecule is COc1cc2c(c(OC)c1OC)-c1ccc(NCC(=O)NCC(=O)N3CCCC3)c(=O)cc1[C@H](NC(C)=O)CC2. The second-order valence-electron chi connectivity index (χ2n) is 9.81. The number of nitrogens with one attached hydrogen (secondary N) is 3. The van der Waals surface area contributed by atoms with Crippen LogP contribution in [0.15, 0.2) is 29.1 Å². The Kier molecular flexibility index (Phi) is 9.13. The zero-order valence-electron chi connectivity index (χ0n) is 23.3. The lowest BCUT2D eigenvalue weighted by Gasteiger charge is -2.19. The molecule has 3 N–H and O–H groups in total. The first-order valence-electron chi connectivity index (χ1n) is 13.3. The third-order valence-electron chi connectivity index (χ3n) is 7.25. The molecule has 3 amide bonds. The average Bonchev–Trinajstić information content (AvgIpc) is 3.39. The lowest BCUT2D eigenvalue weighted by Crippen LogP contribution is -2.40. The molecular formula is C29H36N4O7. The summed E-state index contributed by atoms with van der Waals surface area (Å²) in [5.74, 6) is 0.645. The van der Waals surface area contributed by atoms with E-state index in [1.807, 2.05) is 6.07 Å². The van der Waals surface area contributed by atoms with Crippen molar-refractivity contribution in [3.05, 3.63) is 45.6 Å². The molecule has 0 radical (unpaired) electrons. The van der Waals surface area contributed by atoms with Gasteiger partial charge in [-0.3, -0.25) is 19.2 Å². The molecule has 0 spiro atoms. The Labute approximate surface area is 233 Å². The molecular weight excluding hydrogens is 516 g/mol. The minimum atomic E-state index is -0.436. The van der Waals surface area contributed by atoms with Crippen LogP contribution in [0.3, 0.4) is 0 Å². The van der Waals surface area contributed by atoms with Crippen molar-refractivity contribution in [3.8, 4) is 28.4 Å². The van der Waals surface area contributed by atoms with Crippen LogP contribution < -0.4 is 35.6 Å². The van der Waals surface area contributed by atoms with Crippen LogP contribution in [-0.2, 0) is 20.8 Å². The molecule has 4 rings (SSSR count). The maximum absolute atomic E-state index is 13.3. The molecule has 0 aromatic heterocycles. The van der Waals surface area contributed by atoms with Crippen LogP contribution in [0.5, 0.6) is 17.2 Å². The van der Waals surface area contributed by atoms with Gasteiger partial charge < -0.3 is 35.1 Å². The van der Waals surface area contributed by atoms with Gasteiger partial charge in [-0.25, -0.2) is 0 Å². The molecule has 0 bridgehead atoms. The predicted molar refractivity (Wildman–Crippen MR) is 150 cm³/mol. The molecule has 0 saturated carbocycles.